The Labute approximate surface area is 141 Å². The number of anilines is 1. The van der Waals surface area contributed by atoms with E-state index in [1.54, 1.807) is 0 Å². The van der Waals surface area contributed by atoms with E-state index >= 15 is 0 Å². The molecule has 0 aliphatic carbocycles. The first kappa shape index (κ1) is 15.9. The lowest BCUT2D eigenvalue weighted by molar-refractivity contribution is -0.121. The van der Waals surface area contributed by atoms with Crippen LogP contribution >= 0.6 is 0 Å². The van der Waals surface area contributed by atoms with Crippen molar-refractivity contribution in [2.75, 3.05) is 5.01 Å². The number of carbonyl (C=O) groups is 2. The summed E-state index contributed by atoms with van der Waals surface area (Å²) in [6.45, 7) is 1.97. The lowest BCUT2D eigenvalue weighted by Gasteiger charge is -2.14. The SMILES string of the molecule is CCC(C(=O)NC1=NN(c2ccccc2)C(=O)C1)c1ccccc1. The van der Waals surface area contributed by atoms with Crippen molar-refractivity contribution < 1.29 is 9.59 Å². The Morgan fingerprint density at radius 3 is 2.38 bits per heavy atom. The van der Waals surface area contributed by atoms with Crippen LogP contribution in [0.1, 0.15) is 31.2 Å². The van der Waals surface area contributed by atoms with Gasteiger partial charge < -0.3 is 5.32 Å². The maximum atomic E-state index is 12.6. The van der Waals surface area contributed by atoms with E-state index in [0.717, 1.165) is 5.56 Å². The fourth-order valence-corrected chi connectivity index (χ4v) is 2.76. The van der Waals surface area contributed by atoms with Gasteiger partial charge in [-0.05, 0) is 24.1 Å². The maximum absolute atomic E-state index is 12.6. The van der Waals surface area contributed by atoms with Gasteiger partial charge in [-0.25, -0.2) is 0 Å². The predicted octanol–water partition coefficient (Wildman–Crippen LogP) is 3.05. The highest BCUT2D eigenvalue weighted by Gasteiger charge is 2.28. The van der Waals surface area contributed by atoms with E-state index < -0.39 is 0 Å². The van der Waals surface area contributed by atoms with E-state index in [-0.39, 0.29) is 24.2 Å². The Morgan fingerprint density at radius 2 is 1.75 bits per heavy atom. The van der Waals surface area contributed by atoms with Gasteiger partial charge >= 0.3 is 0 Å². The molecule has 0 bridgehead atoms. The predicted molar refractivity (Wildman–Crippen MR) is 93.6 cm³/mol. The summed E-state index contributed by atoms with van der Waals surface area (Å²) in [6.07, 6.45) is 0.783. The second-order valence-electron chi connectivity index (χ2n) is 5.63. The smallest absolute Gasteiger partial charge is 0.255 e. The highest BCUT2D eigenvalue weighted by molar-refractivity contribution is 6.16. The van der Waals surface area contributed by atoms with Crippen LogP contribution in [0.2, 0.25) is 0 Å². The lowest BCUT2D eigenvalue weighted by Crippen LogP contribution is -2.34. The van der Waals surface area contributed by atoms with Crippen LogP contribution in [0.5, 0.6) is 0 Å². The van der Waals surface area contributed by atoms with Crippen LogP contribution in [-0.2, 0) is 9.59 Å². The molecule has 1 aliphatic heterocycles. The molecule has 3 rings (SSSR count). The minimum atomic E-state index is -0.255. The van der Waals surface area contributed by atoms with Gasteiger partial charge in [0.2, 0.25) is 5.91 Å². The van der Waals surface area contributed by atoms with E-state index in [4.69, 9.17) is 0 Å². The molecule has 0 radical (unpaired) electrons. The Kier molecular flexibility index (Phi) is 4.70. The summed E-state index contributed by atoms with van der Waals surface area (Å²) in [4.78, 5) is 24.7. The molecular formula is C19H19N3O2. The summed E-state index contributed by atoms with van der Waals surface area (Å²) < 4.78 is 0. The topological polar surface area (TPSA) is 61.8 Å². The molecule has 1 atom stereocenters. The first-order chi connectivity index (χ1) is 11.7. The molecule has 1 unspecified atom stereocenters. The molecule has 2 aromatic carbocycles. The number of para-hydroxylation sites is 1. The van der Waals surface area contributed by atoms with Crippen LogP contribution in [0.4, 0.5) is 5.69 Å². The second kappa shape index (κ2) is 7.08. The lowest BCUT2D eigenvalue weighted by atomic mass is 9.95. The highest BCUT2D eigenvalue weighted by atomic mass is 16.2. The molecule has 2 amide bonds. The summed E-state index contributed by atoms with van der Waals surface area (Å²) in [6, 6.07) is 18.8. The second-order valence-corrected chi connectivity index (χ2v) is 5.63. The van der Waals surface area contributed by atoms with Crippen molar-refractivity contribution in [2.24, 2.45) is 5.10 Å². The molecule has 0 saturated heterocycles. The third-order valence-corrected chi connectivity index (χ3v) is 3.97. The maximum Gasteiger partial charge on any atom is 0.255 e. The summed E-state index contributed by atoms with van der Waals surface area (Å²) in [7, 11) is 0. The van der Waals surface area contributed by atoms with E-state index in [0.29, 0.717) is 17.9 Å². The van der Waals surface area contributed by atoms with Gasteiger partial charge in [0.1, 0.15) is 5.84 Å². The van der Waals surface area contributed by atoms with Crippen LogP contribution in [0.3, 0.4) is 0 Å². The minimum Gasteiger partial charge on any atom is -0.312 e. The molecule has 5 nitrogen and oxygen atoms in total. The van der Waals surface area contributed by atoms with Crippen molar-refractivity contribution >= 4 is 23.3 Å². The van der Waals surface area contributed by atoms with Crippen LogP contribution in [0.25, 0.3) is 0 Å². The van der Waals surface area contributed by atoms with Gasteiger partial charge in [0.15, 0.2) is 0 Å². The van der Waals surface area contributed by atoms with Gasteiger partial charge in [-0.15, -0.1) is 0 Å². The normalized spacial score (nSPS) is 15.1. The number of rotatable bonds is 4. The molecule has 0 fully saturated rings. The zero-order valence-corrected chi connectivity index (χ0v) is 13.5. The van der Waals surface area contributed by atoms with Crippen LogP contribution < -0.4 is 10.3 Å². The Balaban J connectivity index is 1.74. The minimum absolute atomic E-state index is 0.103. The van der Waals surface area contributed by atoms with Crippen molar-refractivity contribution in [2.45, 2.75) is 25.7 Å². The number of nitrogens with zero attached hydrogens (tertiary/aromatic N) is 2. The zero-order valence-electron chi connectivity index (χ0n) is 13.5. The molecular weight excluding hydrogens is 302 g/mol. The number of amidine groups is 1. The van der Waals surface area contributed by atoms with Gasteiger partial charge in [0, 0.05) is 0 Å². The van der Waals surface area contributed by atoms with Crippen LogP contribution in [-0.4, -0.2) is 17.6 Å². The fraction of sp³-hybridized carbons (Fsp3) is 0.211. The molecule has 1 heterocycles. The number of carbonyl (C=O) groups excluding carboxylic acids is 2. The van der Waals surface area contributed by atoms with E-state index in [2.05, 4.69) is 10.4 Å². The molecule has 5 heteroatoms. The van der Waals surface area contributed by atoms with E-state index in [9.17, 15) is 9.59 Å². The Morgan fingerprint density at radius 1 is 1.12 bits per heavy atom. The van der Waals surface area contributed by atoms with E-state index in [1.807, 2.05) is 67.6 Å². The van der Waals surface area contributed by atoms with Crippen molar-refractivity contribution in [1.29, 1.82) is 0 Å². The van der Waals surface area contributed by atoms with Gasteiger partial charge in [0.25, 0.3) is 5.91 Å². The first-order valence-corrected chi connectivity index (χ1v) is 8.00. The number of hydrazone groups is 1. The summed E-state index contributed by atoms with van der Waals surface area (Å²) in [5.74, 6) is -0.146. The molecule has 1 N–H and O–H groups in total. The summed E-state index contributed by atoms with van der Waals surface area (Å²) in [5, 5.41) is 8.40. The molecule has 0 spiro atoms. The van der Waals surface area contributed by atoms with Crippen LogP contribution in [0, 0.1) is 0 Å². The standard InChI is InChI=1S/C19H19N3O2/c1-2-16(14-9-5-3-6-10-14)19(24)20-17-13-18(23)22(21-17)15-11-7-4-8-12-15/h3-12,16H,2,13H2,1H3,(H,20,21,24). The first-order valence-electron chi connectivity index (χ1n) is 8.00. The molecule has 0 saturated carbocycles. The third kappa shape index (κ3) is 3.35. The Hall–Kier alpha value is -2.95. The number of hydrogen-bond donors (Lipinski definition) is 1. The van der Waals surface area contributed by atoms with Gasteiger partial charge in [-0.3, -0.25) is 9.59 Å². The highest BCUT2D eigenvalue weighted by Crippen LogP contribution is 2.22. The van der Waals surface area contributed by atoms with Crippen molar-refractivity contribution in [3.8, 4) is 0 Å². The zero-order chi connectivity index (χ0) is 16.9. The average Bonchev–Trinajstić information content (AvgIpc) is 2.97. The number of amides is 2. The quantitative estimate of drug-likeness (QED) is 0.941. The number of hydrogen-bond acceptors (Lipinski definition) is 3. The third-order valence-electron chi connectivity index (χ3n) is 3.97. The summed E-state index contributed by atoms with van der Waals surface area (Å²) in [5.41, 5.74) is 1.66. The molecule has 1 aliphatic rings. The average molecular weight is 321 g/mol. The van der Waals surface area contributed by atoms with Crippen LogP contribution in [0.15, 0.2) is 65.8 Å². The number of benzene rings is 2. The van der Waals surface area contributed by atoms with Crippen molar-refractivity contribution in [1.82, 2.24) is 5.32 Å². The Bertz CT molecular complexity index is 757. The molecule has 122 valence electrons. The molecule has 0 aromatic heterocycles. The van der Waals surface area contributed by atoms with Crippen molar-refractivity contribution in [3.05, 3.63) is 66.2 Å². The van der Waals surface area contributed by atoms with Gasteiger partial charge in [-0.2, -0.15) is 10.1 Å². The fourth-order valence-electron chi connectivity index (χ4n) is 2.76. The summed E-state index contributed by atoms with van der Waals surface area (Å²) >= 11 is 0. The number of nitrogens with one attached hydrogen (secondary N) is 1. The van der Waals surface area contributed by atoms with E-state index in [1.165, 1.54) is 5.01 Å². The van der Waals surface area contributed by atoms with Gasteiger partial charge in [-0.1, -0.05) is 55.5 Å². The largest absolute Gasteiger partial charge is 0.312 e. The van der Waals surface area contributed by atoms with Gasteiger partial charge in [0.05, 0.1) is 18.0 Å². The monoisotopic (exact) mass is 321 g/mol. The van der Waals surface area contributed by atoms with Crippen molar-refractivity contribution in [3.63, 3.8) is 0 Å². The molecule has 24 heavy (non-hydrogen) atoms. The molecule has 2 aromatic rings.